The normalized spacial score (nSPS) is 16.8. The summed E-state index contributed by atoms with van der Waals surface area (Å²) in [5.41, 5.74) is -1.85. The lowest BCUT2D eigenvalue weighted by molar-refractivity contribution is -0.138. The first-order valence-electron chi connectivity index (χ1n) is 11.2. The number of nitrogens with zero attached hydrogens (tertiary/aromatic N) is 3. The van der Waals surface area contributed by atoms with Crippen molar-refractivity contribution in [2.45, 2.75) is 43.2 Å². The zero-order chi connectivity index (χ0) is 27.4. The maximum absolute atomic E-state index is 13.9. The van der Waals surface area contributed by atoms with E-state index >= 15 is 0 Å². The van der Waals surface area contributed by atoms with Crippen molar-refractivity contribution < 1.29 is 35.8 Å². The number of likely N-dealkylation sites (N-methyl/N-ethyl adjacent to an activating group) is 1. The number of anilines is 2. The van der Waals surface area contributed by atoms with Crippen LogP contribution in [-0.4, -0.2) is 49.4 Å². The molecule has 0 radical (unpaired) electrons. The maximum atomic E-state index is 13.9. The number of hydrogen-bond donors (Lipinski definition) is 2. The Labute approximate surface area is 211 Å². The number of carbonyl (C=O) groups is 2. The van der Waals surface area contributed by atoms with Crippen LogP contribution in [-0.2, 0) is 25.8 Å². The second-order valence-electron chi connectivity index (χ2n) is 8.44. The molecule has 1 fully saturated rings. The Bertz CT molecular complexity index is 1260. The topological polar surface area (TPSA) is 104 Å². The Morgan fingerprint density at radius 1 is 1.22 bits per heavy atom. The van der Waals surface area contributed by atoms with Crippen molar-refractivity contribution in [2.75, 3.05) is 36.9 Å². The average Bonchev–Trinajstić information content (AvgIpc) is 2.98. The highest BCUT2D eigenvalue weighted by Gasteiger charge is 2.38. The summed E-state index contributed by atoms with van der Waals surface area (Å²) in [7, 11) is -0.562. The van der Waals surface area contributed by atoms with Crippen molar-refractivity contribution in [3.63, 3.8) is 0 Å². The van der Waals surface area contributed by atoms with Gasteiger partial charge in [0.1, 0.15) is 5.82 Å². The lowest BCUT2D eigenvalue weighted by Crippen LogP contribution is -2.30. The van der Waals surface area contributed by atoms with E-state index in [9.17, 15) is 35.8 Å². The largest absolute Gasteiger partial charge is 0.440 e. The van der Waals surface area contributed by atoms with Gasteiger partial charge in [0.25, 0.3) is 5.91 Å². The first kappa shape index (κ1) is 28.4. The fourth-order valence-corrected chi connectivity index (χ4v) is 4.64. The van der Waals surface area contributed by atoms with Gasteiger partial charge in [-0.25, -0.2) is 13.8 Å². The number of rotatable bonds is 6. The quantitative estimate of drug-likeness (QED) is 0.408. The molecule has 1 saturated heterocycles. The number of amides is 2. The Hall–Kier alpha value is -3.13. The number of benzene rings is 1. The molecule has 0 bridgehead atoms. The smallest absolute Gasteiger partial charge is 0.418 e. The van der Waals surface area contributed by atoms with Crippen LogP contribution in [0.5, 0.6) is 0 Å². The van der Waals surface area contributed by atoms with Gasteiger partial charge in [-0.15, -0.1) is 0 Å². The molecule has 0 aliphatic carbocycles. The van der Waals surface area contributed by atoms with Crippen molar-refractivity contribution >= 4 is 33.9 Å². The van der Waals surface area contributed by atoms with Crippen LogP contribution >= 0.6 is 0 Å². The summed E-state index contributed by atoms with van der Waals surface area (Å²) in [5.74, 6) is -4.66. The van der Waals surface area contributed by atoms with Crippen LogP contribution in [0, 0.1) is 6.92 Å². The van der Waals surface area contributed by atoms with Crippen molar-refractivity contribution in [2.24, 2.45) is 4.36 Å². The zero-order valence-electron chi connectivity index (χ0n) is 20.0. The van der Waals surface area contributed by atoms with E-state index in [0.717, 1.165) is 6.92 Å². The molecule has 0 saturated carbocycles. The highest BCUT2D eigenvalue weighted by atomic mass is 32.2. The van der Waals surface area contributed by atoms with Gasteiger partial charge >= 0.3 is 6.18 Å². The number of halogens is 5. The summed E-state index contributed by atoms with van der Waals surface area (Å²) < 4.78 is 84.5. The standard InChI is InChI=1S/C23H25F5N5O3S/c1-14-17(23(26,27)28)12-30-20(33-9-4-7-22(24,25)8-10-33)19(14)21(35)31-15-5-3-6-16(11-15)37(36)32-18(34)13-29-2/h3,5-6,11-12,29H,4,7-10,13H2,1-2H3,(H,31,35)/q-1. The molecule has 0 spiro atoms. The SMILES string of the molecule is CNCC(=O)N=[S-](=O)c1cccc(NC(=O)c2c(N3CCCC(F)(F)CC3)ncc(C(F)(F)F)c2C)c1. The van der Waals surface area contributed by atoms with E-state index in [-0.39, 0.29) is 48.9 Å². The van der Waals surface area contributed by atoms with Gasteiger partial charge in [0.05, 0.1) is 17.7 Å². The zero-order valence-corrected chi connectivity index (χ0v) is 20.8. The van der Waals surface area contributed by atoms with E-state index in [1.807, 2.05) is 0 Å². The van der Waals surface area contributed by atoms with Crippen molar-refractivity contribution in [3.05, 3.63) is 47.2 Å². The molecule has 2 N–H and O–H groups in total. The number of carbonyl (C=O) groups excluding carboxylic acids is 2. The molecule has 2 heterocycles. The second kappa shape index (κ2) is 11.5. The van der Waals surface area contributed by atoms with Crippen molar-refractivity contribution in [1.29, 1.82) is 0 Å². The van der Waals surface area contributed by atoms with Crippen molar-refractivity contribution in [3.8, 4) is 0 Å². The second-order valence-corrected chi connectivity index (χ2v) is 9.59. The van der Waals surface area contributed by atoms with Crippen LogP contribution in [0.25, 0.3) is 0 Å². The minimum absolute atomic E-state index is 0.0689. The first-order valence-corrected chi connectivity index (χ1v) is 12.3. The monoisotopic (exact) mass is 546 g/mol. The van der Waals surface area contributed by atoms with Gasteiger partial charge in [0, 0.05) is 37.8 Å². The third-order valence-corrected chi connectivity index (χ3v) is 6.70. The van der Waals surface area contributed by atoms with E-state index < -0.39 is 57.6 Å². The van der Waals surface area contributed by atoms with Crippen molar-refractivity contribution in [1.82, 2.24) is 10.3 Å². The molecule has 37 heavy (non-hydrogen) atoms. The fourth-order valence-electron chi connectivity index (χ4n) is 3.87. The number of hydrogen-bond acceptors (Lipinski definition) is 7. The first-order chi connectivity index (χ1) is 17.3. The van der Waals surface area contributed by atoms with Crippen LogP contribution in [0.1, 0.15) is 40.7 Å². The highest BCUT2D eigenvalue weighted by molar-refractivity contribution is 7.75. The summed E-state index contributed by atoms with van der Waals surface area (Å²) in [6.07, 6.45) is -5.04. The number of alkyl halides is 5. The fraction of sp³-hybridized carbons (Fsp3) is 0.435. The molecule has 8 nitrogen and oxygen atoms in total. The van der Waals surface area contributed by atoms with E-state index in [1.54, 1.807) is 0 Å². The molecule has 0 atom stereocenters. The molecule has 2 aromatic rings. The van der Waals surface area contributed by atoms with Crippen LogP contribution < -0.4 is 15.5 Å². The van der Waals surface area contributed by atoms with Gasteiger partial charge in [-0.05, 0) is 32.0 Å². The van der Waals surface area contributed by atoms with E-state index in [4.69, 9.17) is 0 Å². The molecule has 202 valence electrons. The molecule has 0 unspecified atom stereocenters. The molecule has 1 aliphatic heterocycles. The number of aromatic nitrogens is 1. The molecule has 14 heteroatoms. The predicted octanol–water partition coefficient (Wildman–Crippen LogP) is 4.54. The highest BCUT2D eigenvalue weighted by Crippen LogP contribution is 2.37. The van der Waals surface area contributed by atoms with Gasteiger partial charge in [0.15, 0.2) is 0 Å². The van der Waals surface area contributed by atoms with Crippen LogP contribution in [0.4, 0.5) is 33.5 Å². The molecule has 3 rings (SSSR count). The average molecular weight is 547 g/mol. The van der Waals surface area contributed by atoms with E-state index in [1.165, 1.54) is 36.2 Å². The lowest BCUT2D eigenvalue weighted by Gasteiger charge is -2.26. The van der Waals surface area contributed by atoms with Gasteiger partial charge < -0.3 is 24.1 Å². The molecule has 1 aliphatic rings. The minimum Gasteiger partial charge on any atom is -0.440 e. The Kier molecular flexibility index (Phi) is 8.84. The van der Waals surface area contributed by atoms with E-state index in [2.05, 4.69) is 20.0 Å². The molecule has 1 aromatic heterocycles. The lowest BCUT2D eigenvalue weighted by atomic mass is 10.0. The third kappa shape index (κ3) is 7.22. The summed E-state index contributed by atoms with van der Waals surface area (Å²) >= 11 is 0. The summed E-state index contributed by atoms with van der Waals surface area (Å²) in [6.45, 7) is 0.883. The summed E-state index contributed by atoms with van der Waals surface area (Å²) in [5, 5.41) is 5.04. The van der Waals surface area contributed by atoms with Gasteiger partial charge in [-0.2, -0.15) is 23.8 Å². The minimum atomic E-state index is -4.80. The van der Waals surface area contributed by atoms with Gasteiger partial charge in [-0.3, -0.25) is 9.59 Å². The van der Waals surface area contributed by atoms with Crippen LogP contribution in [0.15, 0.2) is 39.7 Å². The molecule has 1 aromatic carbocycles. The number of pyridine rings is 1. The molecular formula is C23H25F5N5O3S-. The number of nitrogens with one attached hydrogen (secondary N) is 2. The Morgan fingerprint density at radius 3 is 2.62 bits per heavy atom. The Balaban J connectivity index is 1.99. The summed E-state index contributed by atoms with van der Waals surface area (Å²) in [6, 6.07) is 5.51. The van der Waals surface area contributed by atoms with Crippen LogP contribution in [0.3, 0.4) is 0 Å². The third-order valence-electron chi connectivity index (χ3n) is 5.67. The van der Waals surface area contributed by atoms with Crippen LogP contribution in [0.2, 0.25) is 0 Å². The van der Waals surface area contributed by atoms with Gasteiger partial charge in [0.2, 0.25) is 11.8 Å². The molecular weight excluding hydrogens is 521 g/mol. The molecule has 2 amide bonds. The maximum Gasteiger partial charge on any atom is 0.418 e. The predicted molar refractivity (Wildman–Crippen MR) is 127 cm³/mol. The van der Waals surface area contributed by atoms with Gasteiger partial charge in [-0.1, -0.05) is 23.1 Å². The summed E-state index contributed by atoms with van der Waals surface area (Å²) in [4.78, 5) is 30.3. The Morgan fingerprint density at radius 2 is 1.95 bits per heavy atom. The van der Waals surface area contributed by atoms with E-state index in [0.29, 0.717) is 6.20 Å².